The van der Waals surface area contributed by atoms with Gasteiger partial charge in [-0.05, 0) is 24.6 Å². The first kappa shape index (κ1) is 12.9. The Morgan fingerprint density at radius 3 is 2.56 bits per heavy atom. The largest absolute Gasteiger partial charge is 0.416 e. The second kappa shape index (κ2) is 5.25. The van der Waals surface area contributed by atoms with Gasteiger partial charge in [0.15, 0.2) is 0 Å². The molecule has 0 aromatic heterocycles. The van der Waals surface area contributed by atoms with E-state index in [1.54, 1.807) is 6.08 Å². The van der Waals surface area contributed by atoms with Crippen LogP contribution in [0.2, 0.25) is 5.02 Å². The number of rotatable bonds is 4. The zero-order valence-corrected chi connectivity index (χ0v) is 9.20. The van der Waals surface area contributed by atoms with Gasteiger partial charge >= 0.3 is 6.18 Å². The summed E-state index contributed by atoms with van der Waals surface area (Å²) in [4.78, 5) is 0. The Morgan fingerprint density at radius 1 is 1.31 bits per heavy atom. The number of halogens is 4. The molecule has 1 rings (SSSR count). The van der Waals surface area contributed by atoms with Crippen molar-refractivity contribution in [2.45, 2.75) is 12.6 Å². The Morgan fingerprint density at radius 2 is 2.00 bits per heavy atom. The van der Waals surface area contributed by atoms with E-state index in [9.17, 15) is 13.2 Å². The molecule has 88 valence electrons. The van der Waals surface area contributed by atoms with Crippen LogP contribution in [0.1, 0.15) is 12.0 Å². The molecule has 16 heavy (non-hydrogen) atoms. The molecule has 0 saturated heterocycles. The molecule has 0 aliphatic rings. The quantitative estimate of drug-likeness (QED) is 0.618. The Kier molecular flexibility index (Phi) is 4.24. The third kappa shape index (κ3) is 3.77. The van der Waals surface area contributed by atoms with Gasteiger partial charge in [-0.15, -0.1) is 6.58 Å². The lowest BCUT2D eigenvalue weighted by atomic mass is 10.2. The number of hydrogen-bond acceptors (Lipinski definition) is 1. The molecule has 0 fully saturated rings. The predicted molar refractivity (Wildman–Crippen MR) is 59.8 cm³/mol. The molecule has 1 nitrogen and oxygen atoms in total. The van der Waals surface area contributed by atoms with Crippen molar-refractivity contribution >= 4 is 17.3 Å². The van der Waals surface area contributed by atoms with Crippen LogP contribution in [0.5, 0.6) is 0 Å². The summed E-state index contributed by atoms with van der Waals surface area (Å²) in [6.45, 7) is 4.05. The van der Waals surface area contributed by atoms with Gasteiger partial charge in [-0.3, -0.25) is 0 Å². The Balaban J connectivity index is 2.86. The van der Waals surface area contributed by atoms with Gasteiger partial charge in [0.2, 0.25) is 0 Å². The molecular formula is C11H11ClF3N. The van der Waals surface area contributed by atoms with Gasteiger partial charge in [0.25, 0.3) is 0 Å². The van der Waals surface area contributed by atoms with Gasteiger partial charge in [-0.25, -0.2) is 0 Å². The van der Waals surface area contributed by atoms with Crippen molar-refractivity contribution in [2.75, 3.05) is 11.9 Å². The van der Waals surface area contributed by atoms with Gasteiger partial charge < -0.3 is 5.32 Å². The van der Waals surface area contributed by atoms with Gasteiger partial charge in [0, 0.05) is 17.3 Å². The number of benzene rings is 1. The molecule has 0 radical (unpaired) electrons. The van der Waals surface area contributed by atoms with Gasteiger partial charge in [-0.2, -0.15) is 13.2 Å². The summed E-state index contributed by atoms with van der Waals surface area (Å²) >= 11 is 5.61. The molecule has 0 aliphatic carbocycles. The molecule has 1 N–H and O–H groups in total. The molecule has 0 heterocycles. The van der Waals surface area contributed by atoms with Crippen molar-refractivity contribution in [3.05, 3.63) is 41.4 Å². The van der Waals surface area contributed by atoms with E-state index < -0.39 is 11.7 Å². The molecule has 0 aliphatic heterocycles. The van der Waals surface area contributed by atoms with Crippen LogP contribution in [-0.2, 0) is 6.18 Å². The summed E-state index contributed by atoms with van der Waals surface area (Å²) in [5, 5.41) is 2.91. The van der Waals surface area contributed by atoms with Gasteiger partial charge in [0.05, 0.1) is 5.56 Å². The second-order valence-electron chi connectivity index (χ2n) is 3.23. The third-order valence-corrected chi connectivity index (χ3v) is 2.12. The average molecular weight is 250 g/mol. The average Bonchev–Trinajstić information content (AvgIpc) is 2.16. The monoisotopic (exact) mass is 249 g/mol. The molecule has 0 unspecified atom stereocenters. The van der Waals surface area contributed by atoms with Crippen molar-refractivity contribution in [1.82, 2.24) is 0 Å². The molecule has 0 saturated carbocycles. The first-order valence-corrected chi connectivity index (χ1v) is 5.04. The third-order valence-electron chi connectivity index (χ3n) is 1.90. The molecule has 0 bridgehead atoms. The standard InChI is InChI=1S/C11H11ClF3N/c1-2-3-4-16-10-6-8(11(13,14)15)5-9(12)7-10/h2,5-7,16H,1,3-4H2. The summed E-state index contributed by atoms with van der Waals surface area (Å²) in [6, 6.07) is 3.40. The molecule has 0 spiro atoms. The van der Waals surface area contributed by atoms with Crippen molar-refractivity contribution in [2.24, 2.45) is 0 Å². The fourth-order valence-electron chi connectivity index (χ4n) is 1.17. The Hall–Kier alpha value is -1.16. The summed E-state index contributed by atoms with van der Waals surface area (Å²) in [7, 11) is 0. The molecule has 1 aromatic rings. The highest BCUT2D eigenvalue weighted by atomic mass is 35.5. The smallest absolute Gasteiger partial charge is 0.385 e. The molecule has 0 atom stereocenters. The van der Waals surface area contributed by atoms with Crippen molar-refractivity contribution < 1.29 is 13.2 Å². The van der Waals surface area contributed by atoms with E-state index in [1.807, 2.05) is 0 Å². The summed E-state index contributed by atoms with van der Waals surface area (Å²) < 4.78 is 37.3. The minimum Gasteiger partial charge on any atom is -0.385 e. The zero-order valence-electron chi connectivity index (χ0n) is 8.44. The van der Waals surface area contributed by atoms with E-state index in [2.05, 4.69) is 11.9 Å². The van der Waals surface area contributed by atoms with E-state index in [4.69, 9.17) is 11.6 Å². The first-order chi connectivity index (χ1) is 7.43. The highest BCUT2D eigenvalue weighted by Crippen LogP contribution is 2.33. The van der Waals surface area contributed by atoms with E-state index >= 15 is 0 Å². The molecule has 0 amide bonds. The Bertz CT molecular complexity index is 374. The minimum atomic E-state index is -4.38. The van der Waals surface area contributed by atoms with Crippen LogP contribution in [0.4, 0.5) is 18.9 Å². The van der Waals surface area contributed by atoms with E-state index in [0.29, 0.717) is 18.7 Å². The van der Waals surface area contributed by atoms with Crippen molar-refractivity contribution in [3.63, 3.8) is 0 Å². The maximum absolute atomic E-state index is 12.4. The minimum absolute atomic E-state index is 0.0657. The summed E-state index contributed by atoms with van der Waals surface area (Å²) in [5.74, 6) is 0. The fraction of sp³-hybridized carbons (Fsp3) is 0.273. The number of anilines is 1. The van der Waals surface area contributed by atoms with Crippen molar-refractivity contribution in [3.8, 4) is 0 Å². The zero-order chi connectivity index (χ0) is 12.2. The van der Waals surface area contributed by atoms with Crippen LogP contribution in [0.15, 0.2) is 30.9 Å². The van der Waals surface area contributed by atoms with Crippen LogP contribution in [-0.4, -0.2) is 6.54 Å². The number of hydrogen-bond donors (Lipinski definition) is 1. The van der Waals surface area contributed by atoms with Gasteiger partial charge in [-0.1, -0.05) is 17.7 Å². The molecular weight excluding hydrogens is 239 g/mol. The van der Waals surface area contributed by atoms with E-state index in [0.717, 1.165) is 12.1 Å². The lowest BCUT2D eigenvalue weighted by Gasteiger charge is -2.11. The number of nitrogens with one attached hydrogen (secondary N) is 1. The van der Waals surface area contributed by atoms with Crippen LogP contribution in [0.3, 0.4) is 0 Å². The van der Waals surface area contributed by atoms with Crippen LogP contribution < -0.4 is 5.32 Å². The Labute approximate surface area is 96.9 Å². The fourth-order valence-corrected chi connectivity index (χ4v) is 1.41. The highest BCUT2D eigenvalue weighted by Gasteiger charge is 2.31. The first-order valence-electron chi connectivity index (χ1n) is 4.66. The number of alkyl halides is 3. The SMILES string of the molecule is C=CCCNc1cc(Cl)cc(C(F)(F)F)c1. The highest BCUT2D eigenvalue weighted by molar-refractivity contribution is 6.30. The molecule has 5 heteroatoms. The maximum Gasteiger partial charge on any atom is 0.416 e. The second-order valence-corrected chi connectivity index (χ2v) is 3.67. The lowest BCUT2D eigenvalue weighted by Crippen LogP contribution is -2.07. The van der Waals surface area contributed by atoms with E-state index in [1.165, 1.54) is 6.07 Å². The van der Waals surface area contributed by atoms with Crippen molar-refractivity contribution in [1.29, 1.82) is 0 Å². The lowest BCUT2D eigenvalue weighted by molar-refractivity contribution is -0.137. The summed E-state index contributed by atoms with van der Waals surface area (Å²) in [6.07, 6.45) is -2.02. The molecule has 1 aromatic carbocycles. The predicted octanol–water partition coefficient (Wildman–Crippen LogP) is 4.35. The maximum atomic E-state index is 12.4. The topological polar surface area (TPSA) is 12.0 Å². The van der Waals surface area contributed by atoms with Crippen LogP contribution >= 0.6 is 11.6 Å². The van der Waals surface area contributed by atoms with Crippen LogP contribution in [0.25, 0.3) is 0 Å². The van der Waals surface area contributed by atoms with Gasteiger partial charge in [0.1, 0.15) is 0 Å². The van der Waals surface area contributed by atoms with Crippen LogP contribution in [0, 0.1) is 0 Å². The summed E-state index contributed by atoms with van der Waals surface area (Å²) in [5.41, 5.74) is -0.386. The normalized spacial score (nSPS) is 11.2. The van der Waals surface area contributed by atoms with E-state index in [-0.39, 0.29) is 5.02 Å².